The highest BCUT2D eigenvalue weighted by Gasteiger charge is 2.29. The fraction of sp³-hybridized carbons (Fsp3) is 0.364. The summed E-state index contributed by atoms with van der Waals surface area (Å²) >= 11 is 0. The number of hydrogen-bond acceptors (Lipinski definition) is 6. The minimum Gasteiger partial charge on any atom is -0.444 e. The molecule has 0 radical (unpaired) electrons. The summed E-state index contributed by atoms with van der Waals surface area (Å²) in [6, 6.07) is 19.5. The molecular weight excluding hydrogens is 528 g/mol. The second-order valence-electron chi connectivity index (χ2n) is 12.7. The Hall–Kier alpha value is -4.53. The van der Waals surface area contributed by atoms with E-state index in [0.717, 1.165) is 22.3 Å². The second-order valence-corrected chi connectivity index (χ2v) is 12.7. The van der Waals surface area contributed by atoms with Crippen molar-refractivity contribution in [3.8, 4) is 0 Å². The quantitative estimate of drug-likeness (QED) is 0.242. The van der Waals surface area contributed by atoms with Crippen LogP contribution < -0.4 is 15.5 Å². The van der Waals surface area contributed by atoms with Crippen LogP contribution in [0.25, 0.3) is 10.9 Å². The summed E-state index contributed by atoms with van der Waals surface area (Å²) in [7, 11) is 0. The number of aromatic nitrogens is 2. The normalized spacial score (nSPS) is 14.1. The summed E-state index contributed by atoms with van der Waals surface area (Å²) in [5, 5.41) is 14.6. The van der Waals surface area contributed by atoms with Crippen LogP contribution in [0.4, 0.5) is 27.5 Å². The number of piperazine rings is 1. The molecule has 2 amide bonds. The molecule has 1 aliphatic rings. The van der Waals surface area contributed by atoms with Gasteiger partial charge in [0.1, 0.15) is 5.60 Å². The van der Waals surface area contributed by atoms with E-state index in [1.807, 2.05) is 75.4 Å². The first-order chi connectivity index (χ1) is 19.9. The first-order valence-electron chi connectivity index (χ1n) is 14.4. The molecule has 1 aromatic heterocycles. The maximum Gasteiger partial charge on any atom is 0.410 e. The fourth-order valence-corrected chi connectivity index (χ4v) is 5.12. The van der Waals surface area contributed by atoms with Gasteiger partial charge in [0.15, 0.2) is 0 Å². The van der Waals surface area contributed by atoms with Gasteiger partial charge >= 0.3 is 6.09 Å². The van der Waals surface area contributed by atoms with E-state index >= 15 is 0 Å². The van der Waals surface area contributed by atoms with Crippen LogP contribution >= 0.6 is 0 Å². The lowest BCUT2D eigenvalue weighted by Gasteiger charge is -2.39. The summed E-state index contributed by atoms with van der Waals surface area (Å²) in [6.45, 7) is 14.7. The number of anilines is 4. The Morgan fingerprint density at radius 2 is 1.60 bits per heavy atom. The smallest absolute Gasteiger partial charge is 0.410 e. The molecule has 0 bridgehead atoms. The topological polar surface area (TPSA) is 103 Å². The molecule has 9 heteroatoms. The van der Waals surface area contributed by atoms with E-state index in [0.29, 0.717) is 43.1 Å². The average Bonchev–Trinajstić information content (AvgIpc) is 3.40. The van der Waals surface area contributed by atoms with E-state index in [1.54, 1.807) is 11.1 Å². The Labute approximate surface area is 247 Å². The number of rotatable bonds is 5. The van der Waals surface area contributed by atoms with Gasteiger partial charge in [-0.05, 0) is 74.2 Å². The Kier molecular flexibility index (Phi) is 7.86. The molecule has 1 fully saturated rings. The number of aromatic amines is 1. The predicted molar refractivity (Wildman–Crippen MR) is 169 cm³/mol. The zero-order chi connectivity index (χ0) is 30.1. The first-order valence-corrected chi connectivity index (χ1v) is 14.4. The molecule has 1 aliphatic heterocycles. The van der Waals surface area contributed by atoms with Crippen molar-refractivity contribution < 1.29 is 14.3 Å². The highest BCUT2D eigenvalue weighted by molar-refractivity contribution is 6.08. The lowest BCUT2D eigenvalue weighted by Crippen LogP contribution is -2.50. The van der Waals surface area contributed by atoms with Crippen LogP contribution in [0.15, 0.2) is 66.9 Å². The van der Waals surface area contributed by atoms with Crippen LogP contribution in [0.2, 0.25) is 0 Å². The standard InChI is InChI=1S/C33H40N6O3/c1-32(2,3)26-14-13-24(20-29(26)38-15-17-39(18-16-38)31(41)42-33(4,5)6)36-30(40)25-9-7-8-10-27(25)35-23-12-11-22-21-34-37-28(22)19-23/h7-14,19-21,35H,15-18H2,1-6H3,(H,34,37)(H,36,40). The highest BCUT2D eigenvalue weighted by atomic mass is 16.6. The Morgan fingerprint density at radius 1 is 0.881 bits per heavy atom. The van der Waals surface area contributed by atoms with Crippen molar-refractivity contribution >= 4 is 45.7 Å². The number of carbonyl (C=O) groups excluding carboxylic acids is 2. The third kappa shape index (κ3) is 6.67. The number of carbonyl (C=O) groups is 2. The van der Waals surface area contributed by atoms with Gasteiger partial charge in [-0.1, -0.05) is 39.0 Å². The average molecular weight is 569 g/mol. The highest BCUT2D eigenvalue weighted by Crippen LogP contribution is 2.35. The van der Waals surface area contributed by atoms with E-state index < -0.39 is 5.60 Å². The molecule has 1 saturated heterocycles. The van der Waals surface area contributed by atoms with Gasteiger partial charge in [-0.2, -0.15) is 5.10 Å². The maximum absolute atomic E-state index is 13.6. The SMILES string of the molecule is CC(C)(C)OC(=O)N1CCN(c2cc(NC(=O)c3ccccc3Nc3ccc4cn[nH]c4c3)ccc2C(C)(C)C)CC1. The van der Waals surface area contributed by atoms with Crippen molar-refractivity contribution in [2.45, 2.75) is 52.6 Å². The fourth-order valence-electron chi connectivity index (χ4n) is 5.12. The molecule has 0 spiro atoms. The summed E-state index contributed by atoms with van der Waals surface area (Å²) < 4.78 is 5.57. The van der Waals surface area contributed by atoms with Crippen LogP contribution in [0.3, 0.4) is 0 Å². The molecule has 5 rings (SSSR count). The van der Waals surface area contributed by atoms with Crippen LogP contribution in [-0.2, 0) is 10.2 Å². The zero-order valence-corrected chi connectivity index (χ0v) is 25.2. The number of amides is 2. The van der Waals surface area contributed by atoms with Gasteiger partial charge in [0.05, 0.1) is 23.0 Å². The summed E-state index contributed by atoms with van der Waals surface area (Å²) in [4.78, 5) is 30.2. The van der Waals surface area contributed by atoms with Gasteiger partial charge in [0.2, 0.25) is 0 Å². The molecule has 3 N–H and O–H groups in total. The van der Waals surface area contributed by atoms with E-state index in [1.165, 1.54) is 5.56 Å². The third-order valence-electron chi connectivity index (χ3n) is 7.23. The molecule has 220 valence electrons. The summed E-state index contributed by atoms with van der Waals surface area (Å²) in [5.41, 5.74) is 5.34. The van der Waals surface area contributed by atoms with Gasteiger partial charge in [-0.3, -0.25) is 9.89 Å². The van der Waals surface area contributed by atoms with Crippen molar-refractivity contribution in [3.63, 3.8) is 0 Å². The van der Waals surface area contributed by atoms with Crippen molar-refractivity contribution in [2.75, 3.05) is 41.7 Å². The van der Waals surface area contributed by atoms with E-state index in [4.69, 9.17) is 4.74 Å². The van der Waals surface area contributed by atoms with Crippen molar-refractivity contribution in [1.29, 1.82) is 0 Å². The number of nitrogens with zero attached hydrogens (tertiary/aromatic N) is 3. The van der Waals surface area contributed by atoms with Crippen LogP contribution in [-0.4, -0.2) is 58.9 Å². The maximum atomic E-state index is 13.6. The van der Waals surface area contributed by atoms with Crippen LogP contribution in [0.1, 0.15) is 57.5 Å². The van der Waals surface area contributed by atoms with Crippen LogP contribution in [0, 0.1) is 0 Å². The number of nitrogens with one attached hydrogen (secondary N) is 3. The number of ether oxygens (including phenoxy) is 1. The molecule has 42 heavy (non-hydrogen) atoms. The molecule has 3 aromatic carbocycles. The van der Waals surface area contributed by atoms with Crippen LogP contribution in [0.5, 0.6) is 0 Å². The molecule has 0 aliphatic carbocycles. The molecule has 2 heterocycles. The molecule has 9 nitrogen and oxygen atoms in total. The van der Waals surface area contributed by atoms with Gasteiger partial charge in [-0.25, -0.2) is 4.79 Å². The molecule has 0 saturated carbocycles. The number of H-pyrrole nitrogens is 1. The van der Waals surface area contributed by atoms with Crippen molar-refractivity contribution in [1.82, 2.24) is 15.1 Å². The molecule has 0 unspecified atom stereocenters. The van der Waals surface area contributed by atoms with Gasteiger partial charge in [0.25, 0.3) is 5.91 Å². The minimum absolute atomic E-state index is 0.105. The van der Waals surface area contributed by atoms with E-state index in [9.17, 15) is 9.59 Å². The van der Waals surface area contributed by atoms with Gasteiger partial charge in [0, 0.05) is 48.6 Å². The molecule has 0 atom stereocenters. The Bertz CT molecular complexity index is 1590. The first kappa shape index (κ1) is 29.0. The largest absolute Gasteiger partial charge is 0.444 e. The Morgan fingerprint density at radius 3 is 2.31 bits per heavy atom. The Balaban J connectivity index is 1.34. The number of fused-ring (bicyclic) bond motifs is 1. The van der Waals surface area contributed by atoms with Crippen molar-refractivity contribution in [3.05, 3.63) is 78.0 Å². The zero-order valence-electron chi connectivity index (χ0n) is 25.2. The lowest BCUT2D eigenvalue weighted by atomic mass is 9.85. The van der Waals surface area contributed by atoms with Gasteiger partial charge in [-0.15, -0.1) is 0 Å². The molecular formula is C33H40N6O3. The van der Waals surface area contributed by atoms with E-state index in [2.05, 4.69) is 52.6 Å². The number of hydrogen-bond donors (Lipinski definition) is 3. The summed E-state index contributed by atoms with van der Waals surface area (Å²) in [6.07, 6.45) is 1.50. The predicted octanol–water partition coefficient (Wildman–Crippen LogP) is 6.91. The van der Waals surface area contributed by atoms with Gasteiger partial charge < -0.3 is 25.2 Å². The lowest BCUT2D eigenvalue weighted by molar-refractivity contribution is 0.0240. The van der Waals surface area contributed by atoms with E-state index in [-0.39, 0.29) is 17.4 Å². The monoisotopic (exact) mass is 568 g/mol. The summed E-state index contributed by atoms with van der Waals surface area (Å²) in [5.74, 6) is -0.204. The third-order valence-corrected chi connectivity index (χ3v) is 7.23. The number of benzene rings is 3. The minimum atomic E-state index is -0.526. The molecule has 4 aromatic rings. The number of para-hydroxylation sites is 1. The second kappa shape index (κ2) is 11.4. The van der Waals surface area contributed by atoms with Crippen molar-refractivity contribution in [2.24, 2.45) is 0 Å².